The Hall–Kier alpha value is -0.0400. The molecule has 0 atom stereocenters. The summed E-state index contributed by atoms with van der Waals surface area (Å²) in [6, 6.07) is 0. The molecule has 0 saturated heterocycles. The first-order valence-electron chi connectivity index (χ1n) is 9.39. The highest BCUT2D eigenvalue weighted by atomic mass is 14.9. The van der Waals surface area contributed by atoms with Gasteiger partial charge in [0.2, 0.25) is 0 Å². The molecule has 0 unspecified atom stereocenters. The van der Waals surface area contributed by atoms with Crippen LogP contribution in [0.1, 0.15) is 97.8 Å². The van der Waals surface area contributed by atoms with Crippen LogP contribution in [0.5, 0.6) is 0 Å². The molecule has 1 saturated carbocycles. The van der Waals surface area contributed by atoms with Crippen molar-refractivity contribution in [3.05, 3.63) is 0 Å². The molecule has 0 spiro atoms. The number of hydrogen-bond donors (Lipinski definition) is 1. The number of nitrogens with one attached hydrogen (secondary N) is 1. The average Bonchev–Trinajstić information content (AvgIpc) is 2.85. The number of hydrogen-bond acceptors (Lipinski definition) is 1. The fourth-order valence-electron chi connectivity index (χ4n) is 4.00. The van der Waals surface area contributed by atoms with E-state index >= 15 is 0 Å². The van der Waals surface area contributed by atoms with Crippen LogP contribution < -0.4 is 5.32 Å². The van der Waals surface area contributed by atoms with Crippen LogP contribution in [0.25, 0.3) is 0 Å². The van der Waals surface area contributed by atoms with Gasteiger partial charge in [0.25, 0.3) is 0 Å². The fraction of sp³-hybridized carbons (Fsp3) is 1.00. The minimum absolute atomic E-state index is 0.648. The van der Waals surface area contributed by atoms with E-state index in [2.05, 4.69) is 26.1 Å². The molecule has 120 valence electrons. The van der Waals surface area contributed by atoms with E-state index in [1.165, 1.54) is 90.1 Å². The Morgan fingerprint density at radius 3 is 2.10 bits per heavy atom. The molecule has 0 aromatic heterocycles. The first kappa shape index (κ1) is 18.0. The van der Waals surface area contributed by atoms with Crippen molar-refractivity contribution in [3.63, 3.8) is 0 Å². The SMILES string of the molecule is CCCCCCCCCNCC1(CC(C)C)CCCC1. The predicted molar refractivity (Wildman–Crippen MR) is 91.2 cm³/mol. The van der Waals surface area contributed by atoms with Crippen LogP contribution in [0, 0.1) is 11.3 Å². The Morgan fingerprint density at radius 2 is 1.50 bits per heavy atom. The first-order valence-corrected chi connectivity index (χ1v) is 9.39. The van der Waals surface area contributed by atoms with E-state index < -0.39 is 0 Å². The summed E-state index contributed by atoms with van der Waals surface area (Å²) in [6.07, 6.45) is 17.2. The van der Waals surface area contributed by atoms with Crippen molar-refractivity contribution in [2.45, 2.75) is 97.8 Å². The van der Waals surface area contributed by atoms with Crippen molar-refractivity contribution in [1.82, 2.24) is 5.32 Å². The third-order valence-corrected chi connectivity index (χ3v) is 4.96. The van der Waals surface area contributed by atoms with Gasteiger partial charge in [0.15, 0.2) is 0 Å². The lowest BCUT2D eigenvalue weighted by Gasteiger charge is -2.31. The topological polar surface area (TPSA) is 12.0 Å². The maximum Gasteiger partial charge on any atom is 0.000790 e. The molecule has 1 nitrogen and oxygen atoms in total. The molecule has 0 bridgehead atoms. The second-order valence-corrected chi connectivity index (χ2v) is 7.60. The second-order valence-electron chi connectivity index (χ2n) is 7.60. The van der Waals surface area contributed by atoms with Crippen LogP contribution in [-0.4, -0.2) is 13.1 Å². The lowest BCUT2D eigenvalue weighted by atomic mass is 9.78. The highest BCUT2D eigenvalue weighted by Crippen LogP contribution is 2.42. The lowest BCUT2D eigenvalue weighted by molar-refractivity contribution is 0.224. The van der Waals surface area contributed by atoms with Gasteiger partial charge in [-0.1, -0.05) is 72.1 Å². The van der Waals surface area contributed by atoms with E-state index in [9.17, 15) is 0 Å². The zero-order chi connectivity index (χ0) is 14.7. The van der Waals surface area contributed by atoms with Crippen LogP contribution in [0.15, 0.2) is 0 Å². The Bertz CT molecular complexity index is 216. The third-order valence-electron chi connectivity index (χ3n) is 4.96. The highest BCUT2D eigenvalue weighted by molar-refractivity contribution is 4.87. The van der Waals surface area contributed by atoms with Gasteiger partial charge >= 0.3 is 0 Å². The second kappa shape index (κ2) is 10.7. The Balaban J connectivity index is 2.01. The van der Waals surface area contributed by atoms with Gasteiger partial charge in [-0.25, -0.2) is 0 Å². The van der Waals surface area contributed by atoms with E-state index in [4.69, 9.17) is 0 Å². The molecule has 0 radical (unpaired) electrons. The first-order chi connectivity index (χ1) is 9.68. The molecule has 0 amide bonds. The van der Waals surface area contributed by atoms with Crippen molar-refractivity contribution in [2.24, 2.45) is 11.3 Å². The predicted octanol–water partition coefficient (Wildman–Crippen LogP) is 5.93. The smallest absolute Gasteiger partial charge is 0.000790 e. The normalized spacial score (nSPS) is 18.0. The van der Waals surface area contributed by atoms with Gasteiger partial charge in [-0.05, 0) is 43.6 Å². The third kappa shape index (κ3) is 7.67. The maximum atomic E-state index is 3.78. The molecule has 0 heterocycles. The standard InChI is InChI=1S/C19H39N/c1-4-5-6-7-8-9-12-15-20-17-19(16-18(2)3)13-10-11-14-19/h18,20H,4-17H2,1-3H3. The zero-order valence-corrected chi connectivity index (χ0v) is 14.5. The van der Waals surface area contributed by atoms with Crippen molar-refractivity contribution >= 4 is 0 Å². The van der Waals surface area contributed by atoms with Crippen LogP contribution >= 0.6 is 0 Å². The molecule has 20 heavy (non-hydrogen) atoms. The van der Waals surface area contributed by atoms with Gasteiger partial charge in [-0.3, -0.25) is 0 Å². The molecule has 1 N–H and O–H groups in total. The average molecular weight is 282 g/mol. The van der Waals surface area contributed by atoms with Gasteiger partial charge in [0, 0.05) is 6.54 Å². The van der Waals surface area contributed by atoms with E-state index in [-0.39, 0.29) is 0 Å². The van der Waals surface area contributed by atoms with Crippen molar-refractivity contribution in [3.8, 4) is 0 Å². The summed E-state index contributed by atoms with van der Waals surface area (Å²) in [6.45, 7) is 9.58. The Morgan fingerprint density at radius 1 is 0.900 bits per heavy atom. The van der Waals surface area contributed by atoms with E-state index in [0.717, 1.165) is 5.92 Å². The summed E-state index contributed by atoms with van der Waals surface area (Å²) >= 11 is 0. The van der Waals surface area contributed by atoms with Crippen molar-refractivity contribution < 1.29 is 0 Å². The Kier molecular flexibility index (Phi) is 9.59. The van der Waals surface area contributed by atoms with Crippen molar-refractivity contribution in [2.75, 3.05) is 13.1 Å². The van der Waals surface area contributed by atoms with Gasteiger partial charge in [-0.2, -0.15) is 0 Å². The summed E-state index contributed by atoms with van der Waals surface area (Å²) in [7, 11) is 0. The number of rotatable bonds is 12. The molecule has 0 aliphatic heterocycles. The minimum Gasteiger partial charge on any atom is -0.316 e. The van der Waals surface area contributed by atoms with Crippen molar-refractivity contribution in [1.29, 1.82) is 0 Å². The molecule has 1 heteroatoms. The maximum absolute atomic E-state index is 3.78. The fourth-order valence-corrected chi connectivity index (χ4v) is 4.00. The quantitative estimate of drug-likeness (QED) is 0.437. The van der Waals surface area contributed by atoms with E-state index in [0.29, 0.717) is 5.41 Å². The molecule has 1 fully saturated rings. The minimum atomic E-state index is 0.648. The monoisotopic (exact) mass is 281 g/mol. The highest BCUT2D eigenvalue weighted by Gasteiger charge is 2.33. The van der Waals surface area contributed by atoms with Crippen LogP contribution in [-0.2, 0) is 0 Å². The van der Waals surface area contributed by atoms with E-state index in [1.807, 2.05) is 0 Å². The van der Waals surface area contributed by atoms with Crippen LogP contribution in [0.4, 0.5) is 0 Å². The molecular formula is C19H39N. The summed E-state index contributed by atoms with van der Waals surface area (Å²) < 4.78 is 0. The summed E-state index contributed by atoms with van der Waals surface area (Å²) in [5.41, 5.74) is 0.648. The lowest BCUT2D eigenvalue weighted by Crippen LogP contribution is -2.33. The zero-order valence-electron chi connectivity index (χ0n) is 14.5. The largest absolute Gasteiger partial charge is 0.316 e. The number of unbranched alkanes of at least 4 members (excludes halogenated alkanes) is 6. The van der Waals surface area contributed by atoms with Gasteiger partial charge in [0.1, 0.15) is 0 Å². The van der Waals surface area contributed by atoms with E-state index in [1.54, 1.807) is 0 Å². The Labute approximate surface area is 128 Å². The molecule has 1 rings (SSSR count). The van der Waals surface area contributed by atoms with Gasteiger partial charge in [0.05, 0.1) is 0 Å². The van der Waals surface area contributed by atoms with Gasteiger partial charge in [-0.15, -0.1) is 0 Å². The molecule has 1 aliphatic carbocycles. The molecule has 0 aromatic rings. The van der Waals surface area contributed by atoms with Gasteiger partial charge < -0.3 is 5.32 Å². The molecular weight excluding hydrogens is 242 g/mol. The summed E-state index contributed by atoms with van der Waals surface area (Å²) in [5, 5.41) is 3.78. The van der Waals surface area contributed by atoms with Crippen LogP contribution in [0.2, 0.25) is 0 Å². The summed E-state index contributed by atoms with van der Waals surface area (Å²) in [4.78, 5) is 0. The van der Waals surface area contributed by atoms with Crippen LogP contribution in [0.3, 0.4) is 0 Å². The molecule has 0 aromatic carbocycles. The summed E-state index contributed by atoms with van der Waals surface area (Å²) in [5.74, 6) is 0.855. The molecule has 1 aliphatic rings.